The molecule has 1 aliphatic carbocycles. The molecule has 5 heteroatoms. The first kappa shape index (κ1) is 15.5. The van der Waals surface area contributed by atoms with Crippen LogP contribution in [-0.4, -0.2) is 5.78 Å². The molecule has 2 N–H and O–H groups in total. The number of furan rings is 1. The second-order valence-electron chi connectivity index (χ2n) is 6.70. The maximum atomic E-state index is 13.2. The lowest BCUT2D eigenvalue weighted by Crippen LogP contribution is -2.26. The highest BCUT2D eigenvalue weighted by molar-refractivity contribution is 7.10. The average Bonchev–Trinajstić information content (AvgIpc) is 3.33. The first-order chi connectivity index (χ1) is 12.8. The largest absolute Gasteiger partial charge is 0.467 e. The van der Waals surface area contributed by atoms with Crippen LogP contribution in [0.5, 0.6) is 0 Å². The minimum atomic E-state index is -0.270. The Balaban J connectivity index is 1.62. The second kappa shape index (κ2) is 6.18. The van der Waals surface area contributed by atoms with Gasteiger partial charge in [-0.25, -0.2) is 0 Å². The zero-order valence-corrected chi connectivity index (χ0v) is 14.9. The summed E-state index contributed by atoms with van der Waals surface area (Å²) in [6.45, 7) is 0. The number of ketones is 1. The van der Waals surface area contributed by atoms with E-state index in [0.29, 0.717) is 6.42 Å². The molecule has 0 unspecified atom stereocenters. The summed E-state index contributed by atoms with van der Waals surface area (Å²) < 4.78 is 5.67. The molecule has 1 aliphatic heterocycles. The minimum Gasteiger partial charge on any atom is -0.467 e. The van der Waals surface area contributed by atoms with Crippen molar-refractivity contribution in [3.05, 3.63) is 82.1 Å². The molecule has 3 aromatic rings. The number of carbonyl (C=O) groups excluding carboxylic acids is 1. The molecule has 130 valence electrons. The van der Waals surface area contributed by atoms with E-state index >= 15 is 0 Å². The number of anilines is 2. The number of thiophene rings is 1. The predicted molar refractivity (Wildman–Crippen MR) is 103 cm³/mol. The van der Waals surface area contributed by atoms with Crippen LogP contribution in [0.3, 0.4) is 0 Å². The molecule has 26 heavy (non-hydrogen) atoms. The molecule has 0 radical (unpaired) electrons. The van der Waals surface area contributed by atoms with Gasteiger partial charge >= 0.3 is 0 Å². The van der Waals surface area contributed by atoms with Gasteiger partial charge in [-0.3, -0.25) is 4.79 Å². The highest BCUT2D eigenvalue weighted by Crippen LogP contribution is 2.44. The zero-order chi connectivity index (χ0) is 17.5. The van der Waals surface area contributed by atoms with Crippen molar-refractivity contribution < 1.29 is 9.21 Å². The van der Waals surface area contributed by atoms with E-state index < -0.39 is 0 Å². The van der Waals surface area contributed by atoms with Crippen molar-refractivity contribution in [3.8, 4) is 0 Å². The molecule has 0 amide bonds. The van der Waals surface area contributed by atoms with Crippen molar-refractivity contribution in [3.63, 3.8) is 0 Å². The Bertz CT molecular complexity index is 973. The van der Waals surface area contributed by atoms with Crippen LogP contribution in [0.15, 0.2) is 75.9 Å². The second-order valence-corrected chi connectivity index (χ2v) is 7.68. The van der Waals surface area contributed by atoms with Crippen molar-refractivity contribution in [1.82, 2.24) is 0 Å². The molecule has 0 spiro atoms. The van der Waals surface area contributed by atoms with Gasteiger partial charge in [0.05, 0.1) is 17.6 Å². The Morgan fingerprint density at radius 1 is 1.00 bits per heavy atom. The Kier molecular flexibility index (Phi) is 3.68. The van der Waals surface area contributed by atoms with E-state index in [1.807, 2.05) is 36.4 Å². The summed E-state index contributed by atoms with van der Waals surface area (Å²) in [5.41, 5.74) is 3.76. The normalized spacial score (nSPS) is 22.1. The van der Waals surface area contributed by atoms with Crippen molar-refractivity contribution >= 4 is 28.5 Å². The number of para-hydroxylation sites is 2. The molecule has 0 saturated heterocycles. The van der Waals surface area contributed by atoms with Crippen LogP contribution in [-0.2, 0) is 4.79 Å². The van der Waals surface area contributed by atoms with Crippen LogP contribution in [0.1, 0.15) is 35.4 Å². The fourth-order valence-electron chi connectivity index (χ4n) is 3.89. The van der Waals surface area contributed by atoms with E-state index in [2.05, 4.69) is 28.1 Å². The monoisotopic (exact) mass is 362 g/mol. The maximum Gasteiger partial charge on any atom is 0.163 e. The molecule has 4 nitrogen and oxygen atoms in total. The molecular formula is C21H18N2O2S. The highest BCUT2D eigenvalue weighted by atomic mass is 32.1. The summed E-state index contributed by atoms with van der Waals surface area (Å²) in [5.74, 6) is 1.18. The number of hydrogen-bond donors (Lipinski definition) is 2. The summed E-state index contributed by atoms with van der Waals surface area (Å²) in [6, 6.07) is 15.8. The van der Waals surface area contributed by atoms with E-state index in [4.69, 9.17) is 4.42 Å². The smallest absolute Gasteiger partial charge is 0.163 e. The Morgan fingerprint density at radius 2 is 1.88 bits per heavy atom. The third-order valence-corrected chi connectivity index (χ3v) is 6.12. The number of Topliss-reactive ketones (excluding diaryl/α,β-unsaturated/α-hetero) is 1. The summed E-state index contributed by atoms with van der Waals surface area (Å²) in [6.07, 6.45) is 3.02. The van der Waals surface area contributed by atoms with Crippen molar-refractivity contribution in [2.24, 2.45) is 0 Å². The number of allylic oxidation sites excluding steroid dienone is 1. The Morgan fingerprint density at radius 3 is 2.65 bits per heavy atom. The van der Waals surface area contributed by atoms with Gasteiger partial charge in [0.1, 0.15) is 11.8 Å². The first-order valence-corrected chi connectivity index (χ1v) is 9.63. The molecule has 5 rings (SSSR count). The van der Waals surface area contributed by atoms with Gasteiger partial charge in [-0.2, -0.15) is 0 Å². The number of carbonyl (C=O) groups is 1. The van der Waals surface area contributed by atoms with Crippen LogP contribution >= 0.6 is 11.3 Å². The van der Waals surface area contributed by atoms with Gasteiger partial charge in [0.25, 0.3) is 0 Å². The Labute approximate surface area is 155 Å². The fourth-order valence-corrected chi connectivity index (χ4v) is 4.72. The van der Waals surface area contributed by atoms with E-state index in [1.54, 1.807) is 17.6 Å². The number of rotatable bonds is 2. The van der Waals surface area contributed by atoms with Crippen LogP contribution in [0.4, 0.5) is 11.4 Å². The predicted octanol–water partition coefficient (Wildman–Crippen LogP) is 5.32. The van der Waals surface area contributed by atoms with Gasteiger partial charge in [0, 0.05) is 28.5 Å². The topological polar surface area (TPSA) is 54.3 Å². The standard InChI is InChI=1S/C21H18N2O2S/c24-17-12-13(19-8-4-10-26-19)11-16-20(17)21(18-7-3-9-25-18)23-15-6-2-1-5-14(15)22-16/h1-10,13,21-23H,11-12H2/t13-,21+/m1/s1. The van der Waals surface area contributed by atoms with Gasteiger partial charge in [-0.1, -0.05) is 18.2 Å². The molecule has 2 aromatic heterocycles. The molecule has 0 fully saturated rings. The van der Waals surface area contributed by atoms with Crippen LogP contribution in [0.2, 0.25) is 0 Å². The highest BCUT2D eigenvalue weighted by Gasteiger charge is 2.37. The van der Waals surface area contributed by atoms with Crippen molar-refractivity contribution in [2.75, 3.05) is 10.6 Å². The SMILES string of the molecule is O=C1C[C@H](c2cccs2)CC2=C1[C@H](c1ccco1)Nc1ccccc1N2. The van der Waals surface area contributed by atoms with E-state index in [-0.39, 0.29) is 17.7 Å². The molecule has 2 aliphatic rings. The average molecular weight is 362 g/mol. The van der Waals surface area contributed by atoms with Gasteiger partial charge in [0.2, 0.25) is 0 Å². The molecule has 0 bridgehead atoms. The summed E-state index contributed by atoms with van der Waals surface area (Å²) >= 11 is 1.72. The van der Waals surface area contributed by atoms with E-state index in [0.717, 1.165) is 34.8 Å². The van der Waals surface area contributed by atoms with Gasteiger partial charge in [-0.05, 0) is 42.1 Å². The summed E-state index contributed by atoms with van der Waals surface area (Å²) in [7, 11) is 0. The number of benzene rings is 1. The van der Waals surface area contributed by atoms with Gasteiger partial charge in [0.15, 0.2) is 5.78 Å². The number of fused-ring (bicyclic) bond motifs is 1. The van der Waals surface area contributed by atoms with Crippen LogP contribution < -0.4 is 10.6 Å². The third-order valence-electron chi connectivity index (χ3n) is 5.08. The van der Waals surface area contributed by atoms with E-state index in [9.17, 15) is 4.79 Å². The quantitative estimate of drug-likeness (QED) is 0.648. The molecule has 1 aromatic carbocycles. The molecule has 0 saturated carbocycles. The molecular weight excluding hydrogens is 344 g/mol. The van der Waals surface area contributed by atoms with Crippen molar-refractivity contribution in [2.45, 2.75) is 24.8 Å². The lowest BCUT2D eigenvalue weighted by Gasteiger charge is -2.28. The maximum absolute atomic E-state index is 13.2. The molecule has 2 atom stereocenters. The lowest BCUT2D eigenvalue weighted by molar-refractivity contribution is -0.116. The number of nitrogens with one attached hydrogen (secondary N) is 2. The summed E-state index contributed by atoms with van der Waals surface area (Å²) in [4.78, 5) is 14.4. The fraction of sp³-hybridized carbons (Fsp3) is 0.190. The van der Waals surface area contributed by atoms with Crippen LogP contribution in [0.25, 0.3) is 0 Å². The van der Waals surface area contributed by atoms with Gasteiger partial charge < -0.3 is 15.1 Å². The molecule has 3 heterocycles. The minimum absolute atomic E-state index is 0.179. The summed E-state index contributed by atoms with van der Waals surface area (Å²) in [5, 5.41) is 9.12. The Hall–Kier alpha value is -2.79. The zero-order valence-electron chi connectivity index (χ0n) is 14.1. The van der Waals surface area contributed by atoms with E-state index in [1.165, 1.54) is 4.88 Å². The lowest BCUT2D eigenvalue weighted by atomic mass is 9.82. The van der Waals surface area contributed by atoms with Crippen molar-refractivity contribution in [1.29, 1.82) is 0 Å². The van der Waals surface area contributed by atoms with Crippen LogP contribution in [0, 0.1) is 0 Å². The number of hydrogen-bond acceptors (Lipinski definition) is 5. The first-order valence-electron chi connectivity index (χ1n) is 8.75. The van der Waals surface area contributed by atoms with Gasteiger partial charge in [-0.15, -0.1) is 11.3 Å². The third kappa shape index (κ3) is 2.56.